The number of benzene rings is 2. The van der Waals surface area contributed by atoms with E-state index in [1.165, 1.54) is 10.4 Å². The zero-order valence-corrected chi connectivity index (χ0v) is 16.1. The number of anilines is 1. The molecule has 0 bridgehead atoms. The van der Waals surface area contributed by atoms with E-state index in [-0.39, 0.29) is 5.91 Å². The highest BCUT2D eigenvalue weighted by atomic mass is 32.1. The summed E-state index contributed by atoms with van der Waals surface area (Å²) in [5.74, 6) is 0.260. The molecule has 0 saturated carbocycles. The SMILES string of the molecule is Cc1cccc(C(C)C)c1NC(=O)/C=C/c1ccc(-c2ccccc2)s1. The molecule has 2 nitrogen and oxygen atoms in total. The van der Waals surface area contributed by atoms with Gasteiger partial charge in [0.1, 0.15) is 0 Å². The molecule has 0 aliphatic carbocycles. The van der Waals surface area contributed by atoms with Crippen molar-refractivity contribution < 1.29 is 4.79 Å². The summed E-state index contributed by atoms with van der Waals surface area (Å²) in [5, 5.41) is 3.05. The Bertz CT molecular complexity index is 922. The molecule has 3 aromatic rings. The molecule has 0 fully saturated rings. The lowest BCUT2D eigenvalue weighted by atomic mass is 9.98. The molecule has 1 heterocycles. The number of carbonyl (C=O) groups excluding carboxylic acids is 1. The van der Waals surface area contributed by atoms with Gasteiger partial charge in [0.15, 0.2) is 0 Å². The fourth-order valence-corrected chi connectivity index (χ4v) is 3.78. The average molecular weight is 362 g/mol. The lowest BCUT2D eigenvalue weighted by Crippen LogP contribution is -2.11. The second kappa shape index (κ2) is 8.15. The summed E-state index contributed by atoms with van der Waals surface area (Å²) in [6, 6.07) is 20.5. The van der Waals surface area contributed by atoms with E-state index >= 15 is 0 Å². The Kier molecular flexibility index (Phi) is 5.69. The number of carbonyl (C=O) groups is 1. The van der Waals surface area contributed by atoms with Crippen LogP contribution in [0.15, 0.2) is 66.7 Å². The van der Waals surface area contributed by atoms with Crippen molar-refractivity contribution in [3.8, 4) is 10.4 Å². The van der Waals surface area contributed by atoms with Gasteiger partial charge in [-0.05, 0) is 47.7 Å². The summed E-state index contributed by atoms with van der Waals surface area (Å²) in [6.07, 6.45) is 3.48. The van der Waals surface area contributed by atoms with Crippen molar-refractivity contribution in [3.63, 3.8) is 0 Å². The first-order valence-electron chi connectivity index (χ1n) is 8.78. The molecule has 26 heavy (non-hydrogen) atoms. The van der Waals surface area contributed by atoms with Gasteiger partial charge in [-0.2, -0.15) is 0 Å². The van der Waals surface area contributed by atoms with Gasteiger partial charge in [0.2, 0.25) is 5.91 Å². The van der Waals surface area contributed by atoms with Crippen LogP contribution in [0.3, 0.4) is 0 Å². The maximum absolute atomic E-state index is 12.4. The van der Waals surface area contributed by atoms with Crippen LogP contribution in [0, 0.1) is 6.92 Å². The topological polar surface area (TPSA) is 29.1 Å². The van der Waals surface area contributed by atoms with E-state index < -0.39 is 0 Å². The number of nitrogens with one attached hydrogen (secondary N) is 1. The van der Waals surface area contributed by atoms with E-state index in [4.69, 9.17) is 0 Å². The fraction of sp³-hybridized carbons (Fsp3) is 0.174. The second-order valence-electron chi connectivity index (χ2n) is 6.58. The minimum atomic E-state index is -0.101. The summed E-state index contributed by atoms with van der Waals surface area (Å²) >= 11 is 1.68. The molecule has 0 radical (unpaired) electrons. The molecule has 0 aliphatic heterocycles. The van der Waals surface area contributed by atoms with E-state index in [9.17, 15) is 4.79 Å². The average Bonchev–Trinajstić information content (AvgIpc) is 3.11. The third-order valence-electron chi connectivity index (χ3n) is 4.26. The molecule has 0 spiro atoms. The van der Waals surface area contributed by atoms with Crippen LogP contribution in [-0.2, 0) is 4.79 Å². The molecule has 0 unspecified atom stereocenters. The van der Waals surface area contributed by atoms with Crippen molar-refractivity contribution in [2.75, 3.05) is 5.32 Å². The number of hydrogen-bond donors (Lipinski definition) is 1. The van der Waals surface area contributed by atoms with Gasteiger partial charge in [0.05, 0.1) is 0 Å². The summed E-state index contributed by atoms with van der Waals surface area (Å²) in [6.45, 7) is 6.30. The lowest BCUT2D eigenvalue weighted by Gasteiger charge is -2.15. The monoisotopic (exact) mass is 361 g/mol. The normalized spacial score (nSPS) is 11.2. The molecule has 1 N–H and O–H groups in total. The van der Waals surface area contributed by atoms with Gasteiger partial charge in [-0.1, -0.05) is 62.4 Å². The zero-order chi connectivity index (χ0) is 18.5. The second-order valence-corrected chi connectivity index (χ2v) is 7.70. The van der Waals surface area contributed by atoms with Gasteiger partial charge >= 0.3 is 0 Å². The van der Waals surface area contributed by atoms with Gasteiger partial charge in [-0.25, -0.2) is 0 Å². The van der Waals surface area contributed by atoms with Crippen LogP contribution in [0.4, 0.5) is 5.69 Å². The molecular weight excluding hydrogens is 338 g/mol. The van der Waals surface area contributed by atoms with E-state index in [0.29, 0.717) is 5.92 Å². The first kappa shape index (κ1) is 18.2. The quantitative estimate of drug-likeness (QED) is 0.516. The largest absolute Gasteiger partial charge is 0.322 e. The summed E-state index contributed by atoms with van der Waals surface area (Å²) in [4.78, 5) is 14.7. The minimum Gasteiger partial charge on any atom is -0.322 e. The summed E-state index contributed by atoms with van der Waals surface area (Å²) < 4.78 is 0. The number of amides is 1. The third kappa shape index (κ3) is 4.30. The minimum absolute atomic E-state index is 0.101. The Morgan fingerprint density at radius 2 is 1.77 bits per heavy atom. The van der Waals surface area contributed by atoms with Crippen molar-refractivity contribution in [1.82, 2.24) is 0 Å². The van der Waals surface area contributed by atoms with Gasteiger partial charge in [0.25, 0.3) is 0 Å². The number of hydrogen-bond acceptors (Lipinski definition) is 2. The molecular formula is C23H23NOS. The van der Waals surface area contributed by atoms with Crippen LogP contribution in [-0.4, -0.2) is 5.91 Å². The Morgan fingerprint density at radius 1 is 1.00 bits per heavy atom. The molecule has 132 valence electrons. The highest BCUT2D eigenvalue weighted by Gasteiger charge is 2.10. The van der Waals surface area contributed by atoms with Crippen molar-refractivity contribution >= 4 is 29.0 Å². The number of aryl methyl sites for hydroxylation is 1. The van der Waals surface area contributed by atoms with Crippen LogP contribution in [0.25, 0.3) is 16.5 Å². The smallest absolute Gasteiger partial charge is 0.248 e. The molecule has 0 atom stereocenters. The first-order chi connectivity index (χ1) is 12.5. The third-order valence-corrected chi connectivity index (χ3v) is 5.36. The Labute approximate surface area is 159 Å². The van der Waals surface area contributed by atoms with E-state index in [2.05, 4.69) is 43.4 Å². The molecule has 3 heteroatoms. The van der Waals surface area contributed by atoms with E-state index in [1.807, 2.05) is 49.4 Å². The fourth-order valence-electron chi connectivity index (χ4n) is 2.86. The van der Waals surface area contributed by atoms with E-state index in [0.717, 1.165) is 21.7 Å². The van der Waals surface area contributed by atoms with Crippen molar-refractivity contribution in [2.45, 2.75) is 26.7 Å². The van der Waals surface area contributed by atoms with Crippen molar-refractivity contribution in [3.05, 3.63) is 82.7 Å². The van der Waals surface area contributed by atoms with Crippen molar-refractivity contribution in [2.24, 2.45) is 0 Å². The molecule has 3 rings (SSSR count). The molecule has 0 saturated heterocycles. The first-order valence-corrected chi connectivity index (χ1v) is 9.60. The zero-order valence-electron chi connectivity index (χ0n) is 15.3. The lowest BCUT2D eigenvalue weighted by molar-refractivity contribution is -0.111. The van der Waals surface area contributed by atoms with Crippen LogP contribution in [0.1, 0.15) is 35.8 Å². The maximum Gasteiger partial charge on any atom is 0.248 e. The predicted molar refractivity (Wildman–Crippen MR) is 113 cm³/mol. The highest BCUT2D eigenvalue weighted by molar-refractivity contribution is 7.16. The van der Waals surface area contributed by atoms with Crippen LogP contribution >= 0.6 is 11.3 Å². The Balaban J connectivity index is 1.72. The number of para-hydroxylation sites is 1. The number of rotatable bonds is 5. The summed E-state index contributed by atoms with van der Waals surface area (Å²) in [7, 11) is 0. The van der Waals surface area contributed by atoms with Crippen molar-refractivity contribution in [1.29, 1.82) is 0 Å². The molecule has 0 aliphatic rings. The maximum atomic E-state index is 12.4. The van der Waals surface area contributed by atoms with E-state index in [1.54, 1.807) is 17.4 Å². The Hall–Kier alpha value is -2.65. The standard InChI is InChI=1S/C23H23NOS/c1-16(2)20-11-7-8-17(3)23(20)24-22(25)15-13-19-12-14-21(26-19)18-9-5-4-6-10-18/h4-16H,1-3H3,(H,24,25)/b15-13+. The summed E-state index contributed by atoms with van der Waals surface area (Å²) in [5.41, 5.74) is 4.37. The van der Waals surface area contributed by atoms with Crippen LogP contribution in [0.5, 0.6) is 0 Å². The molecule has 2 aromatic carbocycles. The van der Waals surface area contributed by atoms with Gasteiger partial charge in [0, 0.05) is 21.5 Å². The van der Waals surface area contributed by atoms with Gasteiger partial charge in [-0.3, -0.25) is 4.79 Å². The number of thiophene rings is 1. The van der Waals surface area contributed by atoms with Crippen LogP contribution in [0.2, 0.25) is 0 Å². The Morgan fingerprint density at radius 3 is 2.50 bits per heavy atom. The predicted octanol–water partition coefficient (Wildman–Crippen LogP) is 6.50. The highest BCUT2D eigenvalue weighted by Crippen LogP contribution is 2.29. The van der Waals surface area contributed by atoms with Crippen LogP contribution < -0.4 is 5.32 Å². The molecule has 1 aromatic heterocycles. The van der Waals surface area contributed by atoms with Gasteiger partial charge in [-0.15, -0.1) is 11.3 Å². The van der Waals surface area contributed by atoms with Gasteiger partial charge < -0.3 is 5.32 Å². The molecule has 1 amide bonds.